The molecule has 0 nitrogen and oxygen atoms in total. The lowest BCUT2D eigenvalue weighted by Crippen LogP contribution is -1.95. The molecule has 1 atom stereocenters. The molecule has 0 aliphatic heterocycles. The maximum absolute atomic E-state index is 2.50. The van der Waals surface area contributed by atoms with Crippen LogP contribution in [0.25, 0.3) is 0 Å². The predicted octanol–water partition coefficient (Wildman–Crippen LogP) is 4.52. The Morgan fingerprint density at radius 2 is 2.08 bits per heavy atom. The van der Waals surface area contributed by atoms with Crippen molar-refractivity contribution in [2.24, 2.45) is 5.92 Å². The van der Waals surface area contributed by atoms with E-state index < -0.39 is 0 Å². The van der Waals surface area contributed by atoms with Crippen molar-refractivity contribution < 1.29 is 0 Å². The molecule has 13 heavy (non-hydrogen) atoms. The van der Waals surface area contributed by atoms with Gasteiger partial charge in [-0.1, -0.05) is 51.2 Å². The quantitative estimate of drug-likeness (QED) is 0.547. The van der Waals surface area contributed by atoms with Crippen molar-refractivity contribution >= 4 is 0 Å². The summed E-state index contributed by atoms with van der Waals surface area (Å²) < 4.78 is 0. The van der Waals surface area contributed by atoms with Crippen LogP contribution in [0.1, 0.15) is 58.3 Å². The van der Waals surface area contributed by atoms with Crippen LogP contribution in [0, 0.1) is 12.3 Å². The fourth-order valence-electron chi connectivity index (χ4n) is 2.00. The highest BCUT2D eigenvalue weighted by molar-refractivity contribution is 4.90. The van der Waals surface area contributed by atoms with Gasteiger partial charge in [0.15, 0.2) is 0 Å². The summed E-state index contributed by atoms with van der Waals surface area (Å²) in [6.07, 6.45) is 18.3. The third-order valence-corrected chi connectivity index (χ3v) is 2.85. The van der Waals surface area contributed by atoms with Crippen LogP contribution in [0.4, 0.5) is 0 Å². The van der Waals surface area contributed by atoms with Crippen LogP contribution >= 0.6 is 0 Å². The van der Waals surface area contributed by atoms with Crippen LogP contribution in [-0.2, 0) is 0 Å². The van der Waals surface area contributed by atoms with Gasteiger partial charge in [0.05, 0.1) is 0 Å². The van der Waals surface area contributed by atoms with E-state index in [9.17, 15) is 0 Å². The van der Waals surface area contributed by atoms with Gasteiger partial charge in [-0.25, -0.2) is 0 Å². The lowest BCUT2D eigenvalue weighted by atomic mass is 9.96. The summed E-state index contributed by atoms with van der Waals surface area (Å²) in [7, 11) is 0. The van der Waals surface area contributed by atoms with E-state index in [-0.39, 0.29) is 0 Å². The molecule has 1 aliphatic carbocycles. The Bertz CT molecular complexity index is 125. The van der Waals surface area contributed by atoms with Crippen LogP contribution < -0.4 is 0 Å². The summed E-state index contributed by atoms with van der Waals surface area (Å²) in [4.78, 5) is 0. The number of hydrogen-bond donors (Lipinski definition) is 0. The van der Waals surface area contributed by atoms with Gasteiger partial charge in [0.1, 0.15) is 0 Å². The van der Waals surface area contributed by atoms with Crippen molar-refractivity contribution in [1.82, 2.24) is 0 Å². The molecule has 0 spiro atoms. The second-order valence-corrected chi connectivity index (χ2v) is 4.11. The monoisotopic (exact) mass is 179 g/mol. The molecule has 1 aliphatic rings. The Balaban J connectivity index is 2.27. The Hall–Kier alpha value is -0.260. The molecule has 0 heteroatoms. The second kappa shape index (κ2) is 7.17. The smallest absolute Gasteiger partial charge is 0.0231 e. The van der Waals surface area contributed by atoms with E-state index in [1.165, 1.54) is 51.4 Å². The molecule has 0 saturated heterocycles. The highest BCUT2D eigenvalue weighted by atomic mass is 14.1. The summed E-state index contributed by atoms with van der Waals surface area (Å²) in [6.45, 7) is 2.22. The van der Waals surface area contributed by atoms with E-state index >= 15 is 0 Å². The Morgan fingerprint density at radius 3 is 2.92 bits per heavy atom. The largest absolute Gasteiger partial charge is 0.0885 e. The molecule has 75 valence electrons. The minimum Gasteiger partial charge on any atom is -0.0885 e. The van der Waals surface area contributed by atoms with Crippen molar-refractivity contribution in [1.29, 1.82) is 0 Å². The van der Waals surface area contributed by atoms with Gasteiger partial charge in [0, 0.05) is 0 Å². The molecule has 0 heterocycles. The molecule has 0 N–H and O–H groups in total. The van der Waals surface area contributed by atoms with E-state index in [1.54, 1.807) is 0 Å². The van der Waals surface area contributed by atoms with Gasteiger partial charge >= 0.3 is 0 Å². The molecule has 1 rings (SSSR count). The van der Waals surface area contributed by atoms with Gasteiger partial charge in [-0.15, -0.1) is 0 Å². The van der Waals surface area contributed by atoms with Gasteiger partial charge in [-0.3, -0.25) is 0 Å². The van der Waals surface area contributed by atoms with Crippen molar-refractivity contribution in [3.63, 3.8) is 0 Å². The minimum atomic E-state index is 0.845. The first-order valence-corrected chi connectivity index (χ1v) is 5.92. The first-order chi connectivity index (χ1) is 6.43. The molecule has 0 bridgehead atoms. The predicted molar refractivity (Wildman–Crippen MR) is 59.5 cm³/mol. The number of hydrogen-bond acceptors (Lipinski definition) is 0. The van der Waals surface area contributed by atoms with E-state index in [1.807, 2.05) is 0 Å². The average molecular weight is 179 g/mol. The van der Waals surface area contributed by atoms with Crippen molar-refractivity contribution in [2.75, 3.05) is 0 Å². The van der Waals surface area contributed by atoms with Crippen molar-refractivity contribution in [3.8, 4) is 0 Å². The fraction of sp³-hybridized carbons (Fsp3) is 0.769. The van der Waals surface area contributed by atoms with Crippen molar-refractivity contribution in [2.45, 2.75) is 58.3 Å². The number of rotatable bonds is 2. The molecular formula is C13H23. The van der Waals surface area contributed by atoms with Gasteiger partial charge in [-0.2, -0.15) is 0 Å². The van der Waals surface area contributed by atoms with Crippen LogP contribution in [0.2, 0.25) is 0 Å². The standard InChI is InChI=1S/C13H23/c1-2-3-10-13-11-8-6-4-5-7-9-12-13/h3,8,10,13H,2,4-7,9,11-12H2,1H3/b10-3+. The molecular weight excluding hydrogens is 156 g/mol. The van der Waals surface area contributed by atoms with E-state index in [4.69, 9.17) is 0 Å². The molecule has 0 aromatic heterocycles. The zero-order valence-electron chi connectivity index (χ0n) is 8.97. The Labute approximate surface area is 83.4 Å². The summed E-state index contributed by atoms with van der Waals surface area (Å²) in [5.74, 6) is 0.845. The second-order valence-electron chi connectivity index (χ2n) is 4.11. The highest BCUT2D eigenvalue weighted by Gasteiger charge is 2.06. The normalized spacial score (nSPS) is 22.5. The highest BCUT2D eigenvalue weighted by Crippen LogP contribution is 2.22. The zero-order valence-corrected chi connectivity index (χ0v) is 8.97. The number of allylic oxidation sites excluding steroid dienone is 2. The van der Waals surface area contributed by atoms with Gasteiger partial charge in [0.25, 0.3) is 0 Å². The lowest BCUT2D eigenvalue weighted by Gasteiger charge is -2.09. The summed E-state index contributed by atoms with van der Waals surface area (Å²) in [5.41, 5.74) is 0. The third-order valence-electron chi connectivity index (χ3n) is 2.85. The van der Waals surface area contributed by atoms with Gasteiger partial charge in [-0.05, 0) is 31.6 Å². The molecule has 1 radical (unpaired) electrons. The van der Waals surface area contributed by atoms with E-state index in [0.29, 0.717) is 0 Å². The molecule has 1 fully saturated rings. The van der Waals surface area contributed by atoms with Gasteiger partial charge < -0.3 is 0 Å². The van der Waals surface area contributed by atoms with E-state index in [2.05, 4.69) is 25.5 Å². The van der Waals surface area contributed by atoms with Crippen LogP contribution in [-0.4, -0.2) is 0 Å². The minimum absolute atomic E-state index is 0.845. The lowest BCUT2D eigenvalue weighted by molar-refractivity contribution is 0.542. The maximum atomic E-state index is 2.50. The Morgan fingerprint density at radius 1 is 1.23 bits per heavy atom. The molecule has 0 aromatic rings. The van der Waals surface area contributed by atoms with Gasteiger partial charge in [0.2, 0.25) is 0 Å². The molecule has 0 aromatic carbocycles. The first kappa shape index (κ1) is 10.8. The summed E-state index contributed by atoms with van der Waals surface area (Å²) in [6, 6.07) is 0. The van der Waals surface area contributed by atoms with Crippen LogP contribution in [0.15, 0.2) is 12.2 Å². The molecule has 0 amide bonds. The average Bonchev–Trinajstić information content (AvgIpc) is 2.28. The SMILES string of the molecule is CC/C=C/C1C[CH]CCCCCC1. The van der Waals surface area contributed by atoms with Crippen LogP contribution in [0.5, 0.6) is 0 Å². The van der Waals surface area contributed by atoms with E-state index in [0.717, 1.165) is 5.92 Å². The fourth-order valence-corrected chi connectivity index (χ4v) is 2.00. The Kier molecular flexibility index (Phi) is 5.97. The third kappa shape index (κ3) is 5.13. The van der Waals surface area contributed by atoms with Crippen LogP contribution in [0.3, 0.4) is 0 Å². The summed E-state index contributed by atoms with van der Waals surface area (Å²) in [5, 5.41) is 0. The maximum Gasteiger partial charge on any atom is -0.0231 e. The van der Waals surface area contributed by atoms with Crippen molar-refractivity contribution in [3.05, 3.63) is 18.6 Å². The first-order valence-electron chi connectivity index (χ1n) is 5.92. The molecule has 1 saturated carbocycles. The topological polar surface area (TPSA) is 0 Å². The zero-order chi connectivity index (χ0) is 9.36. The summed E-state index contributed by atoms with van der Waals surface area (Å²) >= 11 is 0. The molecule has 1 unspecified atom stereocenters.